The Morgan fingerprint density at radius 1 is 1.14 bits per heavy atom. The van der Waals surface area contributed by atoms with E-state index in [9.17, 15) is 4.79 Å². The number of halogens is 1. The lowest BCUT2D eigenvalue weighted by Gasteiger charge is -2.27. The van der Waals surface area contributed by atoms with Gasteiger partial charge in [-0.2, -0.15) is 5.10 Å². The lowest BCUT2D eigenvalue weighted by Crippen LogP contribution is -2.33. The van der Waals surface area contributed by atoms with Gasteiger partial charge in [0.25, 0.3) is 5.91 Å². The summed E-state index contributed by atoms with van der Waals surface area (Å²) in [7, 11) is 3.86. The third-order valence-corrected chi connectivity index (χ3v) is 6.16. The van der Waals surface area contributed by atoms with Gasteiger partial charge >= 0.3 is 0 Å². The first-order valence-corrected chi connectivity index (χ1v) is 9.57. The second-order valence-electron chi connectivity index (χ2n) is 7.80. The number of fused-ring (bicyclic) bond motifs is 2. The highest BCUT2D eigenvalue weighted by Gasteiger charge is 2.47. The number of carbonyl (C=O) groups excluding carboxylic acids is 1. The average Bonchev–Trinajstić information content (AvgIpc) is 3.41. The van der Waals surface area contributed by atoms with Crippen LogP contribution >= 0.6 is 12.4 Å². The number of hydrogen-bond acceptors (Lipinski definition) is 5. The first-order valence-electron chi connectivity index (χ1n) is 9.57. The van der Waals surface area contributed by atoms with Crippen molar-refractivity contribution in [3.05, 3.63) is 53.9 Å². The standard InChI is InChI=1S/C21H23N5O2.ClH/c1-25-10-15-11-26(21(27)18-8-5-14-9-22-24-20(14)23-18)12-17(15)19(25)13-3-6-16(28-2)7-4-13;/h3-9,15,17,19H,10-12H2,1-2H3,(H,22,23,24);1H/t15-,17+,19+;/m0./s1. The number of aromatic amines is 1. The number of benzene rings is 1. The molecule has 0 unspecified atom stereocenters. The molecule has 1 amide bonds. The predicted octanol–water partition coefficient (Wildman–Crippen LogP) is 2.76. The molecule has 0 spiro atoms. The van der Waals surface area contributed by atoms with Gasteiger partial charge in [0.15, 0.2) is 5.65 Å². The quantitative estimate of drug-likeness (QED) is 0.714. The molecule has 3 atom stereocenters. The molecule has 0 aliphatic carbocycles. The van der Waals surface area contributed by atoms with Crippen LogP contribution in [0.4, 0.5) is 0 Å². The van der Waals surface area contributed by atoms with Crippen molar-refractivity contribution in [2.75, 3.05) is 33.8 Å². The summed E-state index contributed by atoms with van der Waals surface area (Å²) in [5.41, 5.74) is 2.41. The number of rotatable bonds is 3. The van der Waals surface area contributed by atoms with Crippen LogP contribution in [0, 0.1) is 11.8 Å². The smallest absolute Gasteiger partial charge is 0.272 e. The van der Waals surface area contributed by atoms with E-state index in [0.717, 1.165) is 30.8 Å². The fraction of sp³-hybridized carbons (Fsp3) is 0.381. The number of likely N-dealkylation sites (tertiary alicyclic amines) is 2. The van der Waals surface area contributed by atoms with Gasteiger partial charge in [-0.05, 0) is 42.8 Å². The van der Waals surface area contributed by atoms with Crippen LogP contribution in [0.5, 0.6) is 5.75 Å². The normalized spacial score (nSPS) is 23.8. The largest absolute Gasteiger partial charge is 0.497 e. The molecule has 8 heteroatoms. The summed E-state index contributed by atoms with van der Waals surface area (Å²) in [5, 5.41) is 7.74. The maximum Gasteiger partial charge on any atom is 0.272 e. The van der Waals surface area contributed by atoms with E-state index in [4.69, 9.17) is 4.74 Å². The first kappa shape index (κ1) is 19.7. The molecule has 0 saturated carbocycles. The molecule has 0 bridgehead atoms. The fourth-order valence-corrected chi connectivity index (χ4v) is 4.83. The average molecular weight is 414 g/mol. The van der Waals surface area contributed by atoms with E-state index in [1.54, 1.807) is 19.4 Å². The number of nitrogens with one attached hydrogen (secondary N) is 1. The number of H-pyrrole nitrogens is 1. The Morgan fingerprint density at radius 3 is 2.69 bits per heavy atom. The number of hydrogen-bond donors (Lipinski definition) is 1. The predicted molar refractivity (Wildman–Crippen MR) is 112 cm³/mol. The molecule has 2 aliphatic heterocycles. The number of amides is 1. The third-order valence-electron chi connectivity index (χ3n) is 6.16. The van der Waals surface area contributed by atoms with E-state index in [-0.39, 0.29) is 18.3 Å². The summed E-state index contributed by atoms with van der Waals surface area (Å²) in [4.78, 5) is 21.9. The molecule has 1 N–H and O–H groups in total. The van der Waals surface area contributed by atoms with Crippen molar-refractivity contribution in [3.8, 4) is 5.75 Å². The Morgan fingerprint density at radius 2 is 1.93 bits per heavy atom. The zero-order valence-corrected chi connectivity index (χ0v) is 17.2. The maximum atomic E-state index is 13.1. The van der Waals surface area contributed by atoms with Gasteiger partial charge in [-0.25, -0.2) is 4.98 Å². The summed E-state index contributed by atoms with van der Waals surface area (Å²) >= 11 is 0. The molecule has 7 nitrogen and oxygen atoms in total. The van der Waals surface area contributed by atoms with E-state index in [0.29, 0.717) is 29.2 Å². The van der Waals surface area contributed by atoms with Gasteiger partial charge in [-0.15, -0.1) is 12.4 Å². The minimum atomic E-state index is 0. The van der Waals surface area contributed by atoms with Crippen LogP contribution in [0.1, 0.15) is 22.1 Å². The van der Waals surface area contributed by atoms with Crippen molar-refractivity contribution in [1.82, 2.24) is 25.0 Å². The van der Waals surface area contributed by atoms with Crippen molar-refractivity contribution in [2.24, 2.45) is 11.8 Å². The number of aromatic nitrogens is 3. The van der Waals surface area contributed by atoms with Crippen LogP contribution in [0.25, 0.3) is 11.0 Å². The van der Waals surface area contributed by atoms with Crippen molar-refractivity contribution in [3.63, 3.8) is 0 Å². The topological polar surface area (TPSA) is 74.3 Å². The Balaban J connectivity index is 0.00000205. The molecule has 2 aliphatic rings. The lowest BCUT2D eigenvalue weighted by atomic mass is 9.89. The van der Waals surface area contributed by atoms with E-state index in [1.807, 2.05) is 23.1 Å². The van der Waals surface area contributed by atoms with Gasteiger partial charge < -0.3 is 9.64 Å². The monoisotopic (exact) mass is 413 g/mol. The molecule has 29 heavy (non-hydrogen) atoms. The summed E-state index contributed by atoms with van der Waals surface area (Å²) in [5.74, 6) is 1.78. The van der Waals surface area contributed by atoms with Gasteiger partial charge in [0.05, 0.1) is 13.3 Å². The molecule has 3 aromatic rings. The Bertz CT molecular complexity index is 1020. The van der Waals surface area contributed by atoms with Gasteiger partial charge in [-0.3, -0.25) is 14.8 Å². The summed E-state index contributed by atoms with van der Waals surface area (Å²) < 4.78 is 5.29. The highest BCUT2D eigenvalue weighted by Crippen LogP contribution is 2.44. The van der Waals surface area contributed by atoms with E-state index in [2.05, 4.69) is 39.3 Å². The highest BCUT2D eigenvalue weighted by atomic mass is 35.5. The van der Waals surface area contributed by atoms with Crippen LogP contribution in [-0.4, -0.2) is 64.7 Å². The summed E-state index contributed by atoms with van der Waals surface area (Å²) in [6.45, 7) is 2.54. The van der Waals surface area contributed by atoms with Crippen LogP contribution in [0.15, 0.2) is 42.6 Å². The molecule has 0 radical (unpaired) electrons. The van der Waals surface area contributed by atoms with E-state index < -0.39 is 0 Å². The molecular formula is C21H24ClN5O2. The van der Waals surface area contributed by atoms with Gasteiger partial charge in [0.2, 0.25) is 0 Å². The van der Waals surface area contributed by atoms with Gasteiger partial charge in [0.1, 0.15) is 11.4 Å². The van der Waals surface area contributed by atoms with Crippen LogP contribution in [0.3, 0.4) is 0 Å². The molecule has 1 aromatic carbocycles. The molecule has 4 heterocycles. The number of carbonyl (C=O) groups is 1. The third kappa shape index (κ3) is 3.34. The molecular weight excluding hydrogens is 390 g/mol. The van der Waals surface area contributed by atoms with Crippen molar-refractivity contribution in [2.45, 2.75) is 6.04 Å². The zero-order chi connectivity index (χ0) is 19.3. The first-order chi connectivity index (χ1) is 13.6. The summed E-state index contributed by atoms with van der Waals surface area (Å²) in [6, 6.07) is 12.3. The molecule has 152 valence electrons. The van der Waals surface area contributed by atoms with Gasteiger partial charge in [0, 0.05) is 37.0 Å². The van der Waals surface area contributed by atoms with E-state index in [1.165, 1.54) is 5.56 Å². The van der Waals surface area contributed by atoms with Crippen LogP contribution < -0.4 is 4.74 Å². The van der Waals surface area contributed by atoms with E-state index >= 15 is 0 Å². The second kappa shape index (κ2) is 7.65. The minimum Gasteiger partial charge on any atom is -0.497 e. The van der Waals surface area contributed by atoms with Crippen molar-refractivity contribution >= 4 is 29.3 Å². The highest BCUT2D eigenvalue weighted by molar-refractivity contribution is 5.94. The number of nitrogens with zero attached hydrogens (tertiary/aromatic N) is 4. The lowest BCUT2D eigenvalue weighted by molar-refractivity contribution is 0.0762. The Labute approximate surface area is 175 Å². The number of pyridine rings is 1. The Hall–Kier alpha value is -2.64. The SMILES string of the molecule is COc1ccc([C@@H]2[C@@H]3CN(C(=O)c4ccc5cn[nH]c5n4)C[C@@H]3CN2C)cc1.Cl. The summed E-state index contributed by atoms with van der Waals surface area (Å²) in [6.07, 6.45) is 1.71. The molecule has 2 saturated heterocycles. The zero-order valence-electron chi connectivity index (χ0n) is 16.4. The molecule has 2 fully saturated rings. The van der Waals surface area contributed by atoms with Crippen molar-refractivity contribution in [1.29, 1.82) is 0 Å². The molecule has 5 rings (SSSR count). The second-order valence-corrected chi connectivity index (χ2v) is 7.80. The maximum absolute atomic E-state index is 13.1. The Kier molecular flexibility index (Phi) is 5.19. The minimum absolute atomic E-state index is 0. The van der Waals surface area contributed by atoms with Gasteiger partial charge in [-0.1, -0.05) is 12.1 Å². The van der Waals surface area contributed by atoms with Crippen LogP contribution in [0.2, 0.25) is 0 Å². The van der Waals surface area contributed by atoms with Crippen molar-refractivity contribution < 1.29 is 9.53 Å². The van der Waals surface area contributed by atoms with Crippen LogP contribution in [-0.2, 0) is 0 Å². The number of methoxy groups -OCH3 is 1. The molecule has 2 aromatic heterocycles. The fourth-order valence-electron chi connectivity index (χ4n) is 4.83. The number of ether oxygens (including phenoxy) is 1.